The number of halogens is 1. The molecule has 2 aromatic heterocycles. The van der Waals surface area contributed by atoms with Crippen LogP contribution in [0.3, 0.4) is 0 Å². The number of pyridine rings is 1. The van der Waals surface area contributed by atoms with Crippen LogP contribution >= 0.6 is 11.6 Å². The Hall–Kier alpha value is -1.66. The molecule has 1 aliphatic rings. The van der Waals surface area contributed by atoms with E-state index >= 15 is 0 Å². The summed E-state index contributed by atoms with van der Waals surface area (Å²) in [5.41, 5.74) is 0. The van der Waals surface area contributed by atoms with E-state index in [9.17, 15) is 0 Å². The molecule has 1 saturated heterocycles. The van der Waals surface area contributed by atoms with E-state index in [1.807, 2.05) is 19.1 Å². The van der Waals surface area contributed by atoms with Gasteiger partial charge in [0.1, 0.15) is 11.9 Å². The SMILES string of the molecule is Cc1noc([C@H]2CN(c3ncccc3Cl)CCN2C)n1. The van der Waals surface area contributed by atoms with Crippen LogP contribution in [0.5, 0.6) is 0 Å². The first-order chi connectivity index (χ1) is 9.65. The highest BCUT2D eigenvalue weighted by Gasteiger charge is 2.31. The summed E-state index contributed by atoms with van der Waals surface area (Å²) in [5.74, 6) is 2.10. The average molecular weight is 294 g/mol. The maximum Gasteiger partial charge on any atom is 0.245 e. The molecule has 1 atom stereocenters. The molecule has 1 fully saturated rings. The van der Waals surface area contributed by atoms with Gasteiger partial charge in [0, 0.05) is 25.8 Å². The van der Waals surface area contributed by atoms with Crippen molar-refractivity contribution in [1.82, 2.24) is 20.0 Å². The lowest BCUT2D eigenvalue weighted by atomic mass is 10.1. The molecule has 1 aliphatic heterocycles. The summed E-state index contributed by atoms with van der Waals surface area (Å²) in [6, 6.07) is 3.75. The molecule has 3 heterocycles. The lowest BCUT2D eigenvalue weighted by Crippen LogP contribution is -2.47. The molecule has 0 saturated carbocycles. The van der Waals surface area contributed by atoms with Crippen LogP contribution in [0, 0.1) is 6.92 Å². The van der Waals surface area contributed by atoms with E-state index in [4.69, 9.17) is 16.1 Å². The van der Waals surface area contributed by atoms with Crippen LogP contribution in [-0.2, 0) is 0 Å². The zero-order chi connectivity index (χ0) is 14.1. The number of hydrogen-bond donors (Lipinski definition) is 0. The smallest absolute Gasteiger partial charge is 0.245 e. The third-order valence-corrected chi connectivity index (χ3v) is 3.81. The minimum absolute atomic E-state index is 0.0584. The number of likely N-dealkylation sites (N-methyl/N-ethyl adjacent to an activating group) is 1. The van der Waals surface area contributed by atoms with Crippen LogP contribution in [0.2, 0.25) is 5.02 Å². The second-order valence-corrected chi connectivity index (χ2v) is 5.34. The summed E-state index contributed by atoms with van der Waals surface area (Å²) in [6.45, 7) is 4.31. The topological polar surface area (TPSA) is 58.3 Å². The Morgan fingerprint density at radius 2 is 2.25 bits per heavy atom. The Morgan fingerprint density at radius 3 is 2.95 bits per heavy atom. The zero-order valence-corrected chi connectivity index (χ0v) is 12.2. The first-order valence-electron chi connectivity index (χ1n) is 6.51. The molecule has 0 radical (unpaired) electrons. The van der Waals surface area contributed by atoms with Crippen molar-refractivity contribution < 1.29 is 4.52 Å². The van der Waals surface area contributed by atoms with Gasteiger partial charge >= 0.3 is 0 Å². The van der Waals surface area contributed by atoms with Crippen molar-refractivity contribution in [3.63, 3.8) is 0 Å². The summed E-state index contributed by atoms with van der Waals surface area (Å²) in [6.07, 6.45) is 1.76. The van der Waals surface area contributed by atoms with Crippen LogP contribution in [0.25, 0.3) is 0 Å². The van der Waals surface area contributed by atoms with Crippen LogP contribution in [0.1, 0.15) is 17.8 Å². The van der Waals surface area contributed by atoms with Gasteiger partial charge in [-0.05, 0) is 26.1 Å². The predicted octanol–water partition coefficient (Wildman–Crippen LogP) is 1.92. The number of anilines is 1. The van der Waals surface area contributed by atoms with Crippen LogP contribution in [0.15, 0.2) is 22.9 Å². The Labute approximate surface area is 122 Å². The molecule has 0 spiro atoms. The molecule has 0 N–H and O–H groups in total. The maximum atomic E-state index is 6.22. The summed E-state index contributed by atoms with van der Waals surface area (Å²) >= 11 is 6.22. The molecular formula is C13H16ClN5O. The Balaban J connectivity index is 1.85. The van der Waals surface area contributed by atoms with Crippen molar-refractivity contribution in [3.8, 4) is 0 Å². The first-order valence-corrected chi connectivity index (χ1v) is 6.89. The summed E-state index contributed by atoms with van der Waals surface area (Å²) in [7, 11) is 2.06. The van der Waals surface area contributed by atoms with Gasteiger partial charge in [-0.1, -0.05) is 16.8 Å². The molecule has 0 bridgehead atoms. The van der Waals surface area contributed by atoms with E-state index in [0.717, 1.165) is 25.5 Å². The minimum atomic E-state index is 0.0584. The molecule has 0 unspecified atom stereocenters. The van der Waals surface area contributed by atoms with E-state index in [-0.39, 0.29) is 6.04 Å². The van der Waals surface area contributed by atoms with Crippen molar-refractivity contribution in [1.29, 1.82) is 0 Å². The lowest BCUT2D eigenvalue weighted by Gasteiger charge is -2.38. The van der Waals surface area contributed by atoms with Crippen LogP contribution in [0.4, 0.5) is 5.82 Å². The van der Waals surface area contributed by atoms with E-state index in [2.05, 4.69) is 32.0 Å². The third kappa shape index (κ3) is 2.48. The normalized spacial score (nSPS) is 20.4. The van der Waals surface area contributed by atoms with Gasteiger partial charge in [0.15, 0.2) is 5.82 Å². The zero-order valence-electron chi connectivity index (χ0n) is 11.5. The largest absolute Gasteiger partial charge is 0.352 e. The van der Waals surface area contributed by atoms with Gasteiger partial charge in [0.2, 0.25) is 5.89 Å². The van der Waals surface area contributed by atoms with Crippen molar-refractivity contribution in [3.05, 3.63) is 35.1 Å². The van der Waals surface area contributed by atoms with Crippen LogP contribution < -0.4 is 4.90 Å². The Bertz CT molecular complexity index is 602. The molecule has 106 valence electrons. The summed E-state index contributed by atoms with van der Waals surface area (Å²) < 4.78 is 5.31. The van der Waals surface area contributed by atoms with Gasteiger partial charge in [0.25, 0.3) is 0 Å². The molecule has 0 aliphatic carbocycles. The van der Waals surface area contributed by atoms with Gasteiger partial charge in [0.05, 0.1) is 5.02 Å². The predicted molar refractivity (Wildman–Crippen MR) is 75.9 cm³/mol. The molecule has 2 aromatic rings. The summed E-state index contributed by atoms with van der Waals surface area (Å²) in [4.78, 5) is 13.1. The quantitative estimate of drug-likeness (QED) is 0.843. The highest BCUT2D eigenvalue weighted by Crippen LogP contribution is 2.29. The number of aryl methyl sites for hydroxylation is 1. The van der Waals surface area contributed by atoms with E-state index in [0.29, 0.717) is 16.7 Å². The second-order valence-electron chi connectivity index (χ2n) is 4.93. The van der Waals surface area contributed by atoms with Crippen molar-refractivity contribution in [2.45, 2.75) is 13.0 Å². The fourth-order valence-corrected chi connectivity index (χ4v) is 2.63. The van der Waals surface area contributed by atoms with E-state index in [1.54, 1.807) is 6.20 Å². The molecular weight excluding hydrogens is 278 g/mol. The Morgan fingerprint density at radius 1 is 1.40 bits per heavy atom. The van der Waals surface area contributed by atoms with Crippen molar-refractivity contribution in [2.24, 2.45) is 0 Å². The van der Waals surface area contributed by atoms with Gasteiger partial charge in [-0.25, -0.2) is 4.98 Å². The fourth-order valence-electron chi connectivity index (χ4n) is 2.39. The molecule has 0 amide bonds. The van der Waals surface area contributed by atoms with E-state index in [1.165, 1.54) is 0 Å². The molecule has 20 heavy (non-hydrogen) atoms. The number of rotatable bonds is 2. The first kappa shape index (κ1) is 13.3. The highest BCUT2D eigenvalue weighted by molar-refractivity contribution is 6.32. The minimum Gasteiger partial charge on any atom is -0.352 e. The van der Waals surface area contributed by atoms with E-state index < -0.39 is 0 Å². The summed E-state index contributed by atoms with van der Waals surface area (Å²) in [5, 5.41) is 4.53. The standard InChI is InChI=1S/C13H16ClN5O/c1-9-16-13(20-17-9)11-8-19(7-6-18(11)2)12-10(14)4-3-5-15-12/h3-5,11H,6-8H2,1-2H3/t11-/m1/s1. The fraction of sp³-hybridized carbons (Fsp3) is 0.462. The van der Waals surface area contributed by atoms with Crippen LogP contribution in [-0.4, -0.2) is 46.7 Å². The molecule has 0 aromatic carbocycles. The van der Waals surface area contributed by atoms with Crippen molar-refractivity contribution in [2.75, 3.05) is 31.6 Å². The second kappa shape index (κ2) is 5.38. The molecule has 7 heteroatoms. The van der Waals surface area contributed by atoms with Gasteiger partial charge in [-0.15, -0.1) is 0 Å². The van der Waals surface area contributed by atoms with Gasteiger partial charge < -0.3 is 9.42 Å². The third-order valence-electron chi connectivity index (χ3n) is 3.51. The van der Waals surface area contributed by atoms with Gasteiger partial charge in [-0.3, -0.25) is 4.90 Å². The number of aromatic nitrogens is 3. The van der Waals surface area contributed by atoms with Gasteiger partial charge in [-0.2, -0.15) is 4.98 Å². The number of piperazine rings is 1. The number of nitrogens with zero attached hydrogens (tertiary/aromatic N) is 5. The molecule has 3 rings (SSSR count). The highest BCUT2D eigenvalue weighted by atomic mass is 35.5. The number of hydrogen-bond acceptors (Lipinski definition) is 6. The Kier molecular flexibility index (Phi) is 3.58. The average Bonchev–Trinajstić information content (AvgIpc) is 2.87. The maximum absolute atomic E-state index is 6.22. The van der Waals surface area contributed by atoms with Crippen molar-refractivity contribution >= 4 is 17.4 Å². The monoisotopic (exact) mass is 293 g/mol. The lowest BCUT2D eigenvalue weighted by molar-refractivity contribution is 0.177. The molecule has 6 nitrogen and oxygen atoms in total.